The fraction of sp³-hybridized carbons (Fsp3) is 0.167. The minimum Gasteiger partial charge on any atom is -0.327 e. The van der Waals surface area contributed by atoms with Crippen molar-refractivity contribution in [2.75, 3.05) is 0 Å². The molecule has 1 unspecified atom stereocenters. The van der Waals surface area contributed by atoms with E-state index in [1.54, 1.807) is 0 Å². The SMILES string of the molecule is C=CC(=O)N1Cc2ccccc2CC1c1ccccc1. The van der Waals surface area contributed by atoms with Crippen molar-refractivity contribution in [1.82, 2.24) is 4.90 Å². The normalized spacial score (nSPS) is 17.4. The van der Waals surface area contributed by atoms with Crippen molar-refractivity contribution in [3.8, 4) is 0 Å². The third-order valence-corrected chi connectivity index (χ3v) is 3.89. The first-order valence-corrected chi connectivity index (χ1v) is 6.84. The molecule has 0 aliphatic carbocycles. The number of nitrogens with zero attached hydrogens (tertiary/aromatic N) is 1. The Balaban J connectivity index is 2.02. The largest absolute Gasteiger partial charge is 0.327 e. The van der Waals surface area contributed by atoms with Crippen LogP contribution in [0.5, 0.6) is 0 Å². The maximum absolute atomic E-state index is 12.2. The first-order chi connectivity index (χ1) is 9.79. The number of rotatable bonds is 2. The van der Waals surface area contributed by atoms with Gasteiger partial charge in [0.1, 0.15) is 0 Å². The molecule has 1 heterocycles. The van der Waals surface area contributed by atoms with E-state index in [-0.39, 0.29) is 11.9 Å². The van der Waals surface area contributed by atoms with E-state index in [2.05, 4.69) is 36.9 Å². The number of hydrogen-bond acceptors (Lipinski definition) is 1. The van der Waals surface area contributed by atoms with Crippen LogP contribution in [-0.4, -0.2) is 10.8 Å². The van der Waals surface area contributed by atoms with E-state index in [1.807, 2.05) is 29.2 Å². The molecule has 2 heteroatoms. The zero-order valence-electron chi connectivity index (χ0n) is 11.3. The molecule has 0 bridgehead atoms. The lowest BCUT2D eigenvalue weighted by atomic mass is 9.90. The third-order valence-electron chi connectivity index (χ3n) is 3.89. The summed E-state index contributed by atoms with van der Waals surface area (Å²) in [6.45, 7) is 4.28. The van der Waals surface area contributed by atoms with Crippen molar-refractivity contribution >= 4 is 5.91 Å². The van der Waals surface area contributed by atoms with Gasteiger partial charge in [-0.15, -0.1) is 0 Å². The van der Waals surface area contributed by atoms with Crippen LogP contribution in [0.2, 0.25) is 0 Å². The molecule has 1 aliphatic heterocycles. The molecular formula is C18H17NO. The fourth-order valence-electron chi connectivity index (χ4n) is 2.84. The summed E-state index contributed by atoms with van der Waals surface area (Å²) in [6, 6.07) is 18.6. The van der Waals surface area contributed by atoms with Crippen LogP contribution in [0.1, 0.15) is 22.7 Å². The van der Waals surface area contributed by atoms with Crippen LogP contribution < -0.4 is 0 Å². The first-order valence-electron chi connectivity index (χ1n) is 6.84. The Morgan fingerprint density at radius 1 is 1.05 bits per heavy atom. The lowest BCUT2D eigenvalue weighted by molar-refractivity contribution is -0.129. The first kappa shape index (κ1) is 12.7. The molecule has 0 saturated heterocycles. The Labute approximate surface area is 119 Å². The number of amides is 1. The molecule has 0 radical (unpaired) electrons. The lowest BCUT2D eigenvalue weighted by Gasteiger charge is -2.36. The topological polar surface area (TPSA) is 20.3 Å². The van der Waals surface area contributed by atoms with E-state index in [9.17, 15) is 4.79 Å². The number of fused-ring (bicyclic) bond motifs is 1. The summed E-state index contributed by atoms with van der Waals surface area (Å²) in [6.07, 6.45) is 2.27. The van der Waals surface area contributed by atoms with Crippen molar-refractivity contribution in [1.29, 1.82) is 0 Å². The molecular weight excluding hydrogens is 246 g/mol. The van der Waals surface area contributed by atoms with Crippen molar-refractivity contribution in [3.05, 3.63) is 83.9 Å². The predicted molar refractivity (Wildman–Crippen MR) is 80.1 cm³/mol. The molecule has 1 amide bonds. The van der Waals surface area contributed by atoms with E-state index in [0.29, 0.717) is 6.54 Å². The van der Waals surface area contributed by atoms with Gasteiger partial charge in [-0.3, -0.25) is 4.79 Å². The standard InChI is InChI=1S/C18H17NO/c1-2-18(20)19-13-16-11-7-6-10-15(16)12-17(19)14-8-4-3-5-9-14/h2-11,17H,1,12-13H2. The van der Waals surface area contributed by atoms with Gasteiger partial charge in [0.05, 0.1) is 6.04 Å². The molecule has 100 valence electrons. The third kappa shape index (κ3) is 2.25. The average Bonchev–Trinajstić information content (AvgIpc) is 2.53. The Morgan fingerprint density at radius 3 is 2.40 bits per heavy atom. The zero-order valence-corrected chi connectivity index (χ0v) is 11.3. The number of carbonyl (C=O) groups excluding carboxylic acids is 1. The van der Waals surface area contributed by atoms with E-state index < -0.39 is 0 Å². The summed E-state index contributed by atoms with van der Waals surface area (Å²) in [5, 5.41) is 0. The summed E-state index contributed by atoms with van der Waals surface area (Å²) in [5.41, 5.74) is 3.74. The summed E-state index contributed by atoms with van der Waals surface area (Å²) < 4.78 is 0. The van der Waals surface area contributed by atoms with E-state index >= 15 is 0 Å². The van der Waals surface area contributed by atoms with Gasteiger partial charge >= 0.3 is 0 Å². The average molecular weight is 263 g/mol. The molecule has 0 aromatic heterocycles. The minimum atomic E-state index is -0.00615. The Kier molecular flexibility index (Phi) is 3.38. The monoisotopic (exact) mass is 263 g/mol. The van der Waals surface area contributed by atoms with Gasteiger partial charge in [0.15, 0.2) is 0 Å². The van der Waals surface area contributed by atoms with Crippen molar-refractivity contribution in [2.24, 2.45) is 0 Å². The van der Waals surface area contributed by atoms with Crippen LogP contribution in [0, 0.1) is 0 Å². The van der Waals surface area contributed by atoms with Crippen molar-refractivity contribution < 1.29 is 4.79 Å². The van der Waals surface area contributed by atoms with Crippen LogP contribution in [0.4, 0.5) is 0 Å². The highest BCUT2D eigenvalue weighted by Gasteiger charge is 2.29. The summed E-state index contributed by atoms with van der Waals surface area (Å²) >= 11 is 0. The Hall–Kier alpha value is -2.35. The van der Waals surface area contributed by atoms with Gasteiger partial charge in [0.2, 0.25) is 5.91 Å². The summed E-state index contributed by atoms with van der Waals surface area (Å²) in [4.78, 5) is 14.1. The number of benzene rings is 2. The maximum Gasteiger partial charge on any atom is 0.246 e. The smallest absolute Gasteiger partial charge is 0.246 e. The molecule has 20 heavy (non-hydrogen) atoms. The Morgan fingerprint density at radius 2 is 1.70 bits per heavy atom. The van der Waals surface area contributed by atoms with Crippen molar-refractivity contribution in [2.45, 2.75) is 19.0 Å². The molecule has 1 aliphatic rings. The van der Waals surface area contributed by atoms with Crippen LogP contribution in [0.3, 0.4) is 0 Å². The molecule has 0 N–H and O–H groups in total. The molecule has 2 nitrogen and oxygen atoms in total. The summed E-state index contributed by atoms with van der Waals surface area (Å²) in [5.74, 6) is -0.00615. The molecule has 1 atom stereocenters. The second-order valence-electron chi connectivity index (χ2n) is 5.07. The van der Waals surface area contributed by atoms with E-state index in [0.717, 1.165) is 6.42 Å². The van der Waals surface area contributed by atoms with Gasteiger partial charge < -0.3 is 4.90 Å². The number of carbonyl (C=O) groups is 1. The molecule has 3 rings (SSSR count). The minimum absolute atomic E-state index is 0.00615. The molecule has 0 spiro atoms. The van der Waals surface area contributed by atoms with Gasteiger partial charge in [0, 0.05) is 6.54 Å². The predicted octanol–water partition coefficient (Wildman–Crippen LogP) is 3.50. The molecule has 2 aromatic carbocycles. The van der Waals surface area contributed by atoms with Crippen LogP contribution in [-0.2, 0) is 17.8 Å². The van der Waals surface area contributed by atoms with Crippen LogP contribution in [0.15, 0.2) is 67.3 Å². The fourth-order valence-corrected chi connectivity index (χ4v) is 2.84. The maximum atomic E-state index is 12.2. The van der Waals surface area contributed by atoms with Gasteiger partial charge in [0.25, 0.3) is 0 Å². The molecule has 0 saturated carbocycles. The van der Waals surface area contributed by atoms with Crippen LogP contribution in [0.25, 0.3) is 0 Å². The second-order valence-corrected chi connectivity index (χ2v) is 5.07. The summed E-state index contributed by atoms with van der Waals surface area (Å²) in [7, 11) is 0. The van der Waals surface area contributed by atoms with E-state index in [1.165, 1.54) is 22.8 Å². The van der Waals surface area contributed by atoms with Gasteiger partial charge in [-0.2, -0.15) is 0 Å². The molecule has 2 aromatic rings. The zero-order chi connectivity index (χ0) is 13.9. The Bertz CT molecular complexity index is 633. The van der Waals surface area contributed by atoms with Gasteiger partial charge in [-0.25, -0.2) is 0 Å². The van der Waals surface area contributed by atoms with Gasteiger partial charge in [-0.1, -0.05) is 61.2 Å². The second kappa shape index (κ2) is 5.33. The highest BCUT2D eigenvalue weighted by Crippen LogP contribution is 2.33. The number of hydrogen-bond donors (Lipinski definition) is 0. The lowest BCUT2D eigenvalue weighted by Crippen LogP contribution is -2.37. The highest BCUT2D eigenvalue weighted by atomic mass is 16.2. The van der Waals surface area contributed by atoms with Crippen molar-refractivity contribution in [3.63, 3.8) is 0 Å². The van der Waals surface area contributed by atoms with E-state index in [4.69, 9.17) is 0 Å². The quantitative estimate of drug-likeness (QED) is 0.759. The van der Waals surface area contributed by atoms with Gasteiger partial charge in [-0.05, 0) is 29.2 Å². The highest BCUT2D eigenvalue weighted by molar-refractivity contribution is 5.87. The van der Waals surface area contributed by atoms with Crippen LogP contribution >= 0.6 is 0 Å². The molecule has 0 fully saturated rings.